The highest BCUT2D eigenvalue weighted by atomic mass is 32.1. The maximum atomic E-state index is 12.4. The zero-order valence-electron chi connectivity index (χ0n) is 19.4. The molecular weight excluding hydrogens is 464 g/mol. The topological polar surface area (TPSA) is 228 Å². The molecule has 1 heterocycles. The zero-order valence-corrected chi connectivity index (χ0v) is 20.2. The van der Waals surface area contributed by atoms with E-state index in [2.05, 4.69) is 25.9 Å². The molecule has 0 aliphatic rings. The maximum Gasteiger partial charge on any atom is 0.305 e. The number of carboxylic acid groups (broad SMARTS) is 1. The number of hydrogen-bond donors (Lipinski definition) is 7. The van der Waals surface area contributed by atoms with Gasteiger partial charge in [0.15, 0.2) is 11.1 Å². The van der Waals surface area contributed by atoms with Crippen LogP contribution >= 0.6 is 11.3 Å². The number of carbonyl (C=O) groups excluding carboxylic acids is 3. The van der Waals surface area contributed by atoms with Gasteiger partial charge in [0.2, 0.25) is 17.7 Å². The van der Waals surface area contributed by atoms with Crippen molar-refractivity contribution in [3.8, 4) is 0 Å². The summed E-state index contributed by atoms with van der Waals surface area (Å²) in [5.41, 5.74) is 16.7. The molecule has 2 atom stereocenters. The van der Waals surface area contributed by atoms with Crippen LogP contribution in [0.1, 0.15) is 51.6 Å². The van der Waals surface area contributed by atoms with E-state index < -0.39 is 42.2 Å². The number of thiazole rings is 1. The Morgan fingerprint density at radius 2 is 1.82 bits per heavy atom. The Balaban J connectivity index is 2.62. The largest absolute Gasteiger partial charge is 0.481 e. The SMILES string of the molecule is CCC(CC)NC(=O)[C@H](CC(=O)O)NC(=O)Cc1csc(NC(=O)[C@@H](N)CCCN=C(N)N)n1. The molecule has 3 amide bonds. The van der Waals surface area contributed by atoms with Crippen molar-refractivity contribution in [3.63, 3.8) is 0 Å². The van der Waals surface area contributed by atoms with Gasteiger partial charge in [0.05, 0.1) is 24.6 Å². The molecule has 13 nitrogen and oxygen atoms in total. The molecule has 34 heavy (non-hydrogen) atoms. The summed E-state index contributed by atoms with van der Waals surface area (Å²) in [6.07, 6.45) is 1.53. The van der Waals surface area contributed by atoms with Crippen LogP contribution in [0.15, 0.2) is 10.4 Å². The van der Waals surface area contributed by atoms with Gasteiger partial charge in [-0.05, 0) is 25.7 Å². The van der Waals surface area contributed by atoms with E-state index in [4.69, 9.17) is 22.3 Å². The molecule has 0 spiro atoms. The normalized spacial score (nSPS) is 12.5. The molecule has 1 aromatic heterocycles. The number of nitrogens with zero attached hydrogens (tertiary/aromatic N) is 2. The molecule has 190 valence electrons. The van der Waals surface area contributed by atoms with Crippen LogP contribution in [0.25, 0.3) is 0 Å². The van der Waals surface area contributed by atoms with E-state index in [9.17, 15) is 19.2 Å². The molecule has 0 aromatic carbocycles. The summed E-state index contributed by atoms with van der Waals surface area (Å²) in [5, 5.41) is 18.7. The number of nitrogens with one attached hydrogen (secondary N) is 3. The number of carbonyl (C=O) groups is 4. The summed E-state index contributed by atoms with van der Waals surface area (Å²) in [5.74, 6) is -2.79. The first-order valence-electron chi connectivity index (χ1n) is 10.9. The van der Waals surface area contributed by atoms with Crippen molar-refractivity contribution >= 4 is 46.1 Å². The number of hydrogen-bond acceptors (Lipinski definition) is 8. The minimum Gasteiger partial charge on any atom is -0.481 e. The molecule has 14 heteroatoms. The second kappa shape index (κ2) is 14.8. The third kappa shape index (κ3) is 11.0. The molecule has 0 bridgehead atoms. The highest BCUT2D eigenvalue weighted by Gasteiger charge is 2.25. The van der Waals surface area contributed by atoms with Crippen LogP contribution in [0, 0.1) is 0 Å². The summed E-state index contributed by atoms with van der Waals surface area (Å²) >= 11 is 1.11. The fraction of sp³-hybridized carbons (Fsp3) is 0.600. The third-order valence-electron chi connectivity index (χ3n) is 4.79. The Morgan fingerprint density at radius 1 is 1.15 bits per heavy atom. The van der Waals surface area contributed by atoms with Crippen molar-refractivity contribution in [1.29, 1.82) is 0 Å². The van der Waals surface area contributed by atoms with Gasteiger partial charge in [-0.15, -0.1) is 11.3 Å². The number of aliphatic imine (C=N–C) groups is 1. The van der Waals surface area contributed by atoms with Crippen molar-refractivity contribution in [2.24, 2.45) is 22.2 Å². The second-order valence-corrected chi connectivity index (χ2v) is 8.46. The Bertz CT molecular complexity index is 867. The first-order valence-corrected chi connectivity index (χ1v) is 11.8. The van der Waals surface area contributed by atoms with Gasteiger partial charge < -0.3 is 38.3 Å². The fourth-order valence-electron chi connectivity index (χ4n) is 2.88. The molecule has 0 radical (unpaired) electrons. The molecule has 10 N–H and O–H groups in total. The fourth-order valence-corrected chi connectivity index (χ4v) is 3.60. The summed E-state index contributed by atoms with van der Waals surface area (Å²) in [7, 11) is 0. The minimum absolute atomic E-state index is 0.0293. The number of nitrogens with two attached hydrogens (primary N) is 3. The molecule has 1 rings (SSSR count). The molecule has 0 saturated heterocycles. The molecule has 0 unspecified atom stereocenters. The number of carboxylic acids is 1. The quantitative estimate of drug-likeness (QED) is 0.0916. The Hall–Kier alpha value is -3.26. The van der Waals surface area contributed by atoms with Crippen LogP contribution in [0.4, 0.5) is 5.13 Å². The molecule has 0 aliphatic carbocycles. The van der Waals surface area contributed by atoms with E-state index >= 15 is 0 Å². The predicted octanol–water partition coefficient (Wildman–Crippen LogP) is -0.731. The lowest BCUT2D eigenvalue weighted by Crippen LogP contribution is -2.50. The van der Waals surface area contributed by atoms with E-state index in [1.54, 1.807) is 5.38 Å². The summed E-state index contributed by atoms with van der Waals surface area (Å²) in [6.45, 7) is 4.16. The van der Waals surface area contributed by atoms with Crippen molar-refractivity contribution in [3.05, 3.63) is 11.1 Å². The van der Waals surface area contributed by atoms with Gasteiger partial charge in [-0.25, -0.2) is 4.98 Å². The zero-order chi connectivity index (χ0) is 25.7. The Labute approximate surface area is 202 Å². The van der Waals surface area contributed by atoms with Crippen LogP contribution in [0.5, 0.6) is 0 Å². The number of anilines is 1. The number of amides is 3. The summed E-state index contributed by atoms with van der Waals surface area (Å²) in [6, 6.07) is -2.10. The van der Waals surface area contributed by atoms with Crippen molar-refractivity contribution < 1.29 is 24.3 Å². The number of aliphatic carboxylic acids is 1. The van der Waals surface area contributed by atoms with Gasteiger partial charge in [-0.2, -0.15) is 0 Å². The van der Waals surface area contributed by atoms with E-state index in [0.29, 0.717) is 37.9 Å². The molecule has 0 saturated carbocycles. The lowest BCUT2D eigenvalue weighted by Gasteiger charge is -2.21. The van der Waals surface area contributed by atoms with Crippen LogP contribution in [-0.2, 0) is 25.6 Å². The predicted molar refractivity (Wildman–Crippen MR) is 129 cm³/mol. The van der Waals surface area contributed by atoms with E-state index in [0.717, 1.165) is 11.3 Å². The van der Waals surface area contributed by atoms with Crippen molar-refractivity contribution in [1.82, 2.24) is 15.6 Å². The summed E-state index contributed by atoms with van der Waals surface area (Å²) < 4.78 is 0. The molecule has 0 fully saturated rings. The standard InChI is InChI=1S/C20H34N8O5S/c1-3-11(4-2)25-18(33)14(9-16(30)31)27-15(29)8-12-10-34-20(26-12)28-17(32)13(21)6-5-7-24-19(22)23/h10-11,13-14H,3-9,21H2,1-2H3,(H,25,33)(H,27,29)(H,30,31)(H4,22,23,24)(H,26,28,32)/t13-,14-/m0/s1. The lowest BCUT2D eigenvalue weighted by molar-refractivity contribution is -0.140. The number of aromatic nitrogens is 1. The molecular formula is C20H34N8O5S. The Kier molecular flexibility index (Phi) is 12.5. The molecule has 0 aliphatic heterocycles. The van der Waals surface area contributed by atoms with Crippen LogP contribution < -0.4 is 33.2 Å². The minimum atomic E-state index is -1.21. The third-order valence-corrected chi connectivity index (χ3v) is 5.60. The first kappa shape index (κ1) is 28.8. The van der Waals surface area contributed by atoms with Gasteiger partial charge in [-0.1, -0.05) is 13.8 Å². The number of guanidine groups is 1. The highest BCUT2D eigenvalue weighted by molar-refractivity contribution is 7.13. The number of rotatable bonds is 15. The van der Waals surface area contributed by atoms with Gasteiger partial charge in [0.25, 0.3) is 0 Å². The smallest absolute Gasteiger partial charge is 0.305 e. The van der Waals surface area contributed by atoms with Gasteiger partial charge in [0.1, 0.15) is 6.04 Å². The van der Waals surface area contributed by atoms with E-state index in [1.807, 2.05) is 13.8 Å². The Morgan fingerprint density at radius 3 is 2.41 bits per heavy atom. The monoisotopic (exact) mass is 498 g/mol. The second-order valence-electron chi connectivity index (χ2n) is 7.61. The summed E-state index contributed by atoms with van der Waals surface area (Å²) in [4.78, 5) is 56.2. The van der Waals surface area contributed by atoms with Gasteiger partial charge in [0, 0.05) is 18.0 Å². The highest BCUT2D eigenvalue weighted by Crippen LogP contribution is 2.16. The van der Waals surface area contributed by atoms with Crippen LogP contribution in [-0.4, -0.2) is 64.4 Å². The van der Waals surface area contributed by atoms with E-state index in [1.165, 1.54) is 0 Å². The van der Waals surface area contributed by atoms with Gasteiger partial charge >= 0.3 is 5.97 Å². The van der Waals surface area contributed by atoms with Crippen LogP contribution in [0.3, 0.4) is 0 Å². The maximum absolute atomic E-state index is 12.4. The van der Waals surface area contributed by atoms with Crippen molar-refractivity contribution in [2.45, 2.75) is 70.5 Å². The van der Waals surface area contributed by atoms with Gasteiger partial charge in [-0.3, -0.25) is 24.2 Å². The van der Waals surface area contributed by atoms with E-state index in [-0.39, 0.29) is 23.6 Å². The first-order chi connectivity index (χ1) is 16.0. The lowest BCUT2D eigenvalue weighted by atomic mass is 10.1. The average molecular weight is 499 g/mol. The average Bonchev–Trinajstić information content (AvgIpc) is 3.19. The molecule has 1 aromatic rings. The van der Waals surface area contributed by atoms with Crippen LogP contribution in [0.2, 0.25) is 0 Å². The van der Waals surface area contributed by atoms with Crippen molar-refractivity contribution in [2.75, 3.05) is 11.9 Å².